The third-order valence-corrected chi connectivity index (χ3v) is 4.12. The maximum absolute atomic E-state index is 12.3. The van der Waals surface area contributed by atoms with Crippen LogP contribution >= 0.6 is 0 Å². The number of nitrogens with zero attached hydrogens (tertiary/aromatic N) is 1. The monoisotopic (exact) mass is 333 g/mol. The van der Waals surface area contributed by atoms with Gasteiger partial charge in [-0.15, -0.1) is 0 Å². The molecule has 3 amide bonds. The fourth-order valence-electron chi connectivity index (χ4n) is 2.60. The number of anilines is 1. The summed E-state index contributed by atoms with van der Waals surface area (Å²) in [4.78, 5) is 37.0. The van der Waals surface area contributed by atoms with Crippen molar-refractivity contribution in [3.63, 3.8) is 0 Å². The minimum Gasteiger partial charge on any atom is -0.449 e. The Kier molecular flexibility index (Phi) is 5.78. The van der Waals surface area contributed by atoms with Crippen LogP contribution in [-0.4, -0.2) is 42.0 Å². The third-order valence-electron chi connectivity index (χ3n) is 4.12. The molecule has 7 heteroatoms. The van der Waals surface area contributed by atoms with E-state index in [4.69, 9.17) is 10.5 Å². The zero-order chi connectivity index (χ0) is 17.7. The van der Waals surface area contributed by atoms with Gasteiger partial charge in [0.2, 0.25) is 0 Å². The molecule has 1 heterocycles. The zero-order valence-electron chi connectivity index (χ0n) is 14.0. The molecule has 1 saturated heterocycles. The molecule has 0 radical (unpaired) electrons. The number of benzene rings is 1. The van der Waals surface area contributed by atoms with Gasteiger partial charge in [0, 0.05) is 18.8 Å². The van der Waals surface area contributed by atoms with Crippen molar-refractivity contribution in [1.82, 2.24) is 4.90 Å². The molecule has 2 rings (SSSR count). The molecule has 1 fully saturated rings. The minimum absolute atomic E-state index is 0.165. The Morgan fingerprint density at radius 2 is 1.79 bits per heavy atom. The largest absolute Gasteiger partial charge is 0.449 e. The van der Waals surface area contributed by atoms with Crippen molar-refractivity contribution in [2.45, 2.75) is 32.8 Å². The number of carbonyl (C=O) groups excluding carboxylic acids is 3. The van der Waals surface area contributed by atoms with E-state index in [0.717, 1.165) is 12.8 Å². The average Bonchev–Trinajstić information content (AvgIpc) is 2.55. The molecule has 0 aliphatic carbocycles. The number of nitrogens with one attached hydrogen (secondary N) is 1. The van der Waals surface area contributed by atoms with Gasteiger partial charge in [-0.05, 0) is 49.9 Å². The molecular formula is C17H23N3O4. The van der Waals surface area contributed by atoms with Crippen molar-refractivity contribution >= 4 is 23.6 Å². The number of rotatable bonds is 4. The second-order valence-electron chi connectivity index (χ2n) is 6.12. The highest BCUT2D eigenvalue weighted by atomic mass is 16.5. The van der Waals surface area contributed by atoms with Gasteiger partial charge >= 0.3 is 12.0 Å². The van der Waals surface area contributed by atoms with Gasteiger partial charge in [0.15, 0.2) is 6.10 Å². The van der Waals surface area contributed by atoms with E-state index < -0.39 is 18.1 Å². The van der Waals surface area contributed by atoms with Gasteiger partial charge in [-0.1, -0.05) is 6.92 Å². The number of ether oxygens (including phenoxy) is 1. The lowest BCUT2D eigenvalue weighted by molar-refractivity contribution is -0.141. The summed E-state index contributed by atoms with van der Waals surface area (Å²) in [5.74, 6) is -0.117. The van der Waals surface area contributed by atoms with Crippen molar-refractivity contribution in [1.29, 1.82) is 0 Å². The second-order valence-corrected chi connectivity index (χ2v) is 6.12. The normalized spacial score (nSPS) is 16.3. The average molecular weight is 333 g/mol. The fourth-order valence-corrected chi connectivity index (χ4v) is 2.60. The molecule has 0 spiro atoms. The van der Waals surface area contributed by atoms with Crippen molar-refractivity contribution < 1.29 is 19.1 Å². The topological polar surface area (TPSA) is 102 Å². The van der Waals surface area contributed by atoms with E-state index in [2.05, 4.69) is 12.2 Å². The summed E-state index contributed by atoms with van der Waals surface area (Å²) in [5.41, 5.74) is 5.80. The van der Waals surface area contributed by atoms with E-state index in [9.17, 15) is 14.4 Å². The smallest absolute Gasteiger partial charge is 0.338 e. The number of amides is 3. The highest BCUT2D eigenvalue weighted by Crippen LogP contribution is 2.18. The molecule has 0 bridgehead atoms. The number of urea groups is 1. The molecule has 130 valence electrons. The van der Waals surface area contributed by atoms with E-state index in [1.54, 1.807) is 24.0 Å². The van der Waals surface area contributed by atoms with Crippen LogP contribution in [0.1, 0.15) is 37.0 Å². The third kappa shape index (κ3) is 4.71. The van der Waals surface area contributed by atoms with Crippen LogP contribution in [0.5, 0.6) is 0 Å². The zero-order valence-corrected chi connectivity index (χ0v) is 14.0. The summed E-state index contributed by atoms with van der Waals surface area (Å²) in [6, 6.07) is 5.42. The first kappa shape index (κ1) is 17.8. The maximum Gasteiger partial charge on any atom is 0.338 e. The Morgan fingerprint density at radius 3 is 2.33 bits per heavy atom. The summed E-state index contributed by atoms with van der Waals surface area (Å²) in [5, 5.41) is 2.40. The molecule has 1 unspecified atom stereocenters. The molecule has 7 nitrogen and oxygen atoms in total. The molecule has 0 saturated carbocycles. The van der Waals surface area contributed by atoms with Crippen molar-refractivity contribution in [3.05, 3.63) is 29.8 Å². The van der Waals surface area contributed by atoms with Crippen LogP contribution < -0.4 is 11.1 Å². The van der Waals surface area contributed by atoms with Crippen molar-refractivity contribution in [3.8, 4) is 0 Å². The molecule has 1 aromatic rings. The molecule has 1 aromatic carbocycles. The number of carbonyl (C=O) groups is 3. The number of esters is 1. The lowest BCUT2D eigenvalue weighted by Crippen LogP contribution is -2.44. The van der Waals surface area contributed by atoms with Gasteiger partial charge in [-0.3, -0.25) is 4.79 Å². The minimum atomic E-state index is -0.825. The summed E-state index contributed by atoms with van der Waals surface area (Å²) in [7, 11) is 0. The fraction of sp³-hybridized carbons (Fsp3) is 0.471. The predicted octanol–water partition coefficient (Wildman–Crippen LogP) is 1.98. The number of hydrogen-bond donors (Lipinski definition) is 2. The molecule has 1 aliphatic heterocycles. The van der Waals surface area contributed by atoms with Crippen molar-refractivity contribution in [2.24, 2.45) is 11.7 Å². The molecule has 1 aliphatic rings. The van der Waals surface area contributed by atoms with Crippen LogP contribution in [0.2, 0.25) is 0 Å². The van der Waals surface area contributed by atoms with Gasteiger partial charge < -0.3 is 20.7 Å². The van der Waals surface area contributed by atoms with Gasteiger partial charge in [-0.2, -0.15) is 0 Å². The van der Waals surface area contributed by atoms with Crippen LogP contribution in [0.4, 0.5) is 10.5 Å². The molecule has 1 atom stereocenters. The van der Waals surface area contributed by atoms with Crippen molar-refractivity contribution in [2.75, 3.05) is 18.4 Å². The van der Waals surface area contributed by atoms with Crippen LogP contribution in [0.25, 0.3) is 0 Å². The Bertz CT molecular complexity index is 607. The first-order valence-electron chi connectivity index (χ1n) is 8.03. The summed E-state index contributed by atoms with van der Waals surface area (Å²) >= 11 is 0. The number of nitrogens with two attached hydrogens (primary N) is 1. The van der Waals surface area contributed by atoms with E-state index >= 15 is 0 Å². The van der Waals surface area contributed by atoms with E-state index in [-0.39, 0.29) is 5.91 Å². The van der Waals surface area contributed by atoms with Gasteiger partial charge in [0.1, 0.15) is 0 Å². The number of piperidine rings is 1. The first-order chi connectivity index (χ1) is 11.4. The molecular weight excluding hydrogens is 310 g/mol. The SMILES string of the molecule is CC1CCN(C(=O)C(C)OC(=O)c2ccc(NC(N)=O)cc2)CC1. The summed E-state index contributed by atoms with van der Waals surface area (Å²) in [6.07, 6.45) is 1.12. The standard InChI is InChI=1S/C17H23N3O4/c1-11-7-9-20(10-8-11)15(21)12(2)24-16(22)13-3-5-14(6-4-13)19-17(18)23/h3-6,11-12H,7-10H2,1-2H3,(H3,18,19,23). The van der Waals surface area contributed by atoms with Gasteiger partial charge in [0.05, 0.1) is 5.56 Å². The van der Waals surface area contributed by atoms with E-state index in [1.165, 1.54) is 12.1 Å². The lowest BCUT2D eigenvalue weighted by Gasteiger charge is -2.31. The van der Waals surface area contributed by atoms with Crippen LogP contribution in [0, 0.1) is 5.92 Å². The Hall–Kier alpha value is -2.57. The van der Waals surface area contributed by atoms with Crippen LogP contribution in [0.15, 0.2) is 24.3 Å². The lowest BCUT2D eigenvalue weighted by atomic mass is 9.99. The quantitative estimate of drug-likeness (QED) is 0.823. The second kappa shape index (κ2) is 7.81. The molecule has 3 N–H and O–H groups in total. The van der Waals surface area contributed by atoms with E-state index in [0.29, 0.717) is 30.3 Å². The van der Waals surface area contributed by atoms with E-state index in [1.807, 2.05) is 0 Å². The number of likely N-dealkylation sites (tertiary alicyclic amines) is 1. The van der Waals surface area contributed by atoms with Crippen LogP contribution in [-0.2, 0) is 9.53 Å². The highest BCUT2D eigenvalue weighted by Gasteiger charge is 2.27. The van der Waals surface area contributed by atoms with Gasteiger partial charge in [0.25, 0.3) is 5.91 Å². The summed E-state index contributed by atoms with van der Waals surface area (Å²) < 4.78 is 5.26. The predicted molar refractivity (Wildman–Crippen MR) is 89.5 cm³/mol. The van der Waals surface area contributed by atoms with Crippen LogP contribution in [0.3, 0.4) is 0 Å². The van der Waals surface area contributed by atoms with Gasteiger partial charge in [-0.25, -0.2) is 9.59 Å². The Balaban J connectivity index is 1.90. The number of primary amides is 1. The highest BCUT2D eigenvalue weighted by molar-refractivity contribution is 5.93. The molecule has 24 heavy (non-hydrogen) atoms. The first-order valence-corrected chi connectivity index (χ1v) is 8.03. The molecule has 0 aromatic heterocycles. The Labute approximate surface area is 141 Å². The Morgan fingerprint density at radius 1 is 1.21 bits per heavy atom. The number of hydrogen-bond acceptors (Lipinski definition) is 4. The maximum atomic E-state index is 12.3. The summed E-state index contributed by atoms with van der Waals surface area (Å²) in [6.45, 7) is 5.16.